The van der Waals surface area contributed by atoms with Gasteiger partial charge in [0.15, 0.2) is 0 Å². The lowest BCUT2D eigenvalue weighted by Gasteiger charge is -2.34. The van der Waals surface area contributed by atoms with E-state index in [9.17, 15) is 9.90 Å². The van der Waals surface area contributed by atoms with Gasteiger partial charge in [0.2, 0.25) is 0 Å². The average molecular weight is 271 g/mol. The van der Waals surface area contributed by atoms with Crippen molar-refractivity contribution in [1.82, 2.24) is 5.32 Å². The van der Waals surface area contributed by atoms with E-state index in [1.54, 1.807) is 42.5 Å². The Morgan fingerprint density at radius 3 is 2.65 bits per heavy atom. The van der Waals surface area contributed by atoms with Gasteiger partial charge in [-0.25, -0.2) is 0 Å². The van der Waals surface area contributed by atoms with Gasteiger partial charge in [-0.05, 0) is 18.2 Å². The van der Waals surface area contributed by atoms with Crippen molar-refractivity contribution in [3.63, 3.8) is 0 Å². The second kappa shape index (κ2) is 4.54. The van der Waals surface area contributed by atoms with Crippen molar-refractivity contribution in [2.45, 2.75) is 5.91 Å². The number of aliphatic hydroxyl groups is 1. The van der Waals surface area contributed by atoms with Crippen LogP contribution in [0.2, 0.25) is 0 Å². The zero-order valence-corrected chi connectivity index (χ0v) is 10.8. The highest BCUT2D eigenvalue weighted by Crippen LogP contribution is 2.33. The Bertz CT molecular complexity index is 656. The van der Waals surface area contributed by atoms with Crippen LogP contribution in [0.3, 0.4) is 0 Å². The molecule has 2 aromatic rings. The zero-order chi connectivity index (χ0) is 14.2. The van der Waals surface area contributed by atoms with Crippen LogP contribution < -0.4 is 14.8 Å². The van der Waals surface area contributed by atoms with Crippen LogP contribution in [0.1, 0.15) is 15.9 Å². The normalized spacial score (nSPS) is 20.6. The molecular formula is C15H13NO4. The fraction of sp³-hybridized carbons (Fsp3) is 0.133. The van der Waals surface area contributed by atoms with E-state index >= 15 is 0 Å². The average Bonchev–Trinajstić information content (AvgIpc) is 2.48. The lowest BCUT2D eigenvalue weighted by Crippen LogP contribution is -2.53. The summed E-state index contributed by atoms with van der Waals surface area (Å²) in [6.45, 7) is 0. The van der Waals surface area contributed by atoms with E-state index < -0.39 is 11.8 Å². The van der Waals surface area contributed by atoms with Gasteiger partial charge in [-0.1, -0.05) is 30.3 Å². The molecule has 1 amide bonds. The Morgan fingerprint density at radius 1 is 1.20 bits per heavy atom. The van der Waals surface area contributed by atoms with E-state index in [0.29, 0.717) is 22.6 Å². The van der Waals surface area contributed by atoms with Gasteiger partial charge in [0, 0.05) is 5.56 Å². The molecule has 0 aliphatic carbocycles. The molecule has 2 aromatic carbocycles. The number of nitrogens with one attached hydrogen (secondary N) is 1. The van der Waals surface area contributed by atoms with E-state index in [-0.39, 0.29) is 0 Å². The van der Waals surface area contributed by atoms with Crippen LogP contribution in [0.5, 0.6) is 11.5 Å². The molecule has 1 aliphatic heterocycles. The molecule has 20 heavy (non-hydrogen) atoms. The fourth-order valence-electron chi connectivity index (χ4n) is 2.10. The molecule has 0 radical (unpaired) electrons. The third kappa shape index (κ3) is 1.98. The molecule has 1 atom stereocenters. The molecule has 0 spiro atoms. The highest BCUT2D eigenvalue weighted by molar-refractivity contribution is 5.98. The predicted molar refractivity (Wildman–Crippen MR) is 71.4 cm³/mol. The number of hydrogen-bond acceptors (Lipinski definition) is 4. The topological polar surface area (TPSA) is 67.8 Å². The van der Waals surface area contributed by atoms with Gasteiger partial charge >= 0.3 is 5.91 Å². The number of carbonyl (C=O) groups excluding carboxylic acids is 1. The van der Waals surface area contributed by atoms with Crippen molar-refractivity contribution < 1.29 is 19.4 Å². The maximum atomic E-state index is 12.1. The molecule has 0 saturated carbocycles. The van der Waals surface area contributed by atoms with E-state index in [2.05, 4.69) is 5.32 Å². The molecule has 0 fully saturated rings. The molecule has 0 saturated heterocycles. The third-order valence-corrected chi connectivity index (χ3v) is 3.14. The number of carbonyl (C=O) groups is 1. The SMILES string of the molecule is COc1ccc2c(c1)C(=O)NC(O)(c1ccccc1)O2. The van der Waals surface area contributed by atoms with Gasteiger partial charge in [-0.15, -0.1) is 0 Å². The van der Waals surface area contributed by atoms with Crippen LogP contribution in [0.15, 0.2) is 48.5 Å². The third-order valence-electron chi connectivity index (χ3n) is 3.14. The number of hydrogen-bond donors (Lipinski definition) is 2. The Labute approximate surface area is 115 Å². The largest absolute Gasteiger partial charge is 0.497 e. The smallest absolute Gasteiger partial charge is 0.320 e. The summed E-state index contributed by atoms with van der Waals surface area (Å²) in [7, 11) is 1.52. The molecular weight excluding hydrogens is 258 g/mol. The summed E-state index contributed by atoms with van der Waals surface area (Å²) in [6, 6.07) is 13.5. The lowest BCUT2D eigenvalue weighted by molar-refractivity contribution is -0.167. The Morgan fingerprint density at radius 2 is 1.95 bits per heavy atom. The minimum atomic E-state index is -1.86. The molecule has 1 aliphatic rings. The highest BCUT2D eigenvalue weighted by Gasteiger charge is 2.39. The zero-order valence-electron chi connectivity index (χ0n) is 10.8. The van der Waals surface area contributed by atoms with Crippen LogP contribution in [0.25, 0.3) is 0 Å². The summed E-state index contributed by atoms with van der Waals surface area (Å²) in [6.07, 6.45) is 0. The van der Waals surface area contributed by atoms with Crippen LogP contribution in [0.4, 0.5) is 0 Å². The van der Waals surface area contributed by atoms with Gasteiger partial charge < -0.3 is 14.6 Å². The lowest BCUT2D eigenvalue weighted by atomic mass is 10.1. The van der Waals surface area contributed by atoms with Crippen LogP contribution in [0, 0.1) is 0 Å². The van der Waals surface area contributed by atoms with Gasteiger partial charge in [-0.3, -0.25) is 10.1 Å². The standard InChI is InChI=1S/C15H13NO4/c1-19-11-7-8-13-12(9-11)14(17)16-15(18,20-13)10-5-3-2-4-6-10/h2-9,18H,1H3,(H,16,17). The first-order valence-corrected chi connectivity index (χ1v) is 6.10. The predicted octanol–water partition coefficient (Wildman–Crippen LogP) is 1.62. The summed E-state index contributed by atoms with van der Waals surface area (Å²) in [5.41, 5.74) is 0.778. The Hall–Kier alpha value is -2.53. The Kier molecular flexibility index (Phi) is 2.84. The summed E-state index contributed by atoms with van der Waals surface area (Å²) in [5, 5.41) is 13.0. The van der Waals surface area contributed by atoms with Gasteiger partial charge in [0.1, 0.15) is 11.5 Å². The molecule has 2 N–H and O–H groups in total. The first-order valence-electron chi connectivity index (χ1n) is 6.10. The van der Waals surface area contributed by atoms with Gasteiger partial charge in [0.25, 0.3) is 5.91 Å². The first-order chi connectivity index (χ1) is 9.62. The summed E-state index contributed by atoms with van der Waals surface area (Å²) in [4.78, 5) is 12.1. The van der Waals surface area contributed by atoms with E-state index in [1.807, 2.05) is 6.07 Å². The summed E-state index contributed by atoms with van der Waals surface area (Å²) >= 11 is 0. The second-order valence-corrected chi connectivity index (χ2v) is 4.43. The highest BCUT2D eigenvalue weighted by atomic mass is 16.6. The number of amides is 1. The minimum Gasteiger partial charge on any atom is -0.497 e. The number of fused-ring (bicyclic) bond motifs is 1. The van der Waals surface area contributed by atoms with E-state index in [4.69, 9.17) is 9.47 Å². The summed E-state index contributed by atoms with van der Waals surface area (Å²) in [5.74, 6) is -1.43. The second-order valence-electron chi connectivity index (χ2n) is 4.43. The van der Waals surface area contributed by atoms with E-state index in [0.717, 1.165) is 0 Å². The van der Waals surface area contributed by atoms with Crippen LogP contribution in [-0.4, -0.2) is 18.1 Å². The number of methoxy groups -OCH3 is 1. The molecule has 3 rings (SSSR count). The molecule has 0 bridgehead atoms. The fourth-order valence-corrected chi connectivity index (χ4v) is 2.10. The maximum Gasteiger partial charge on any atom is 0.320 e. The molecule has 5 heteroatoms. The van der Waals surface area contributed by atoms with Crippen molar-refractivity contribution in [3.05, 3.63) is 59.7 Å². The molecule has 102 valence electrons. The quantitative estimate of drug-likeness (QED) is 0.871. The molecule has 0 aromatic heterocycles. The molecule has 1 heterocycles. The number of rotatable bonds is 2. The molecule has 1 unspecified atom stereocenters. The van der Waals surface area contributed by atoms with Gasteiger partial charge in [-0.2, -0.15) is 0 Å². The maximum absolute atomic E-state index is 12.1. The monoisotopic (exact) mass is 271 g/mol. The number of ether oxygens (including phenoxy) is 2. The van der Waals surface area contributed by atoms with Crippen molar-refractivity contribution in [1.29, 1.82) is 0 Å². The number of benzene rings is 2. The Balaban J connectivity index is 2.03. The van der Waals surface area contributed by atoms with Crippen molar-refractivity contribution in [2.75, 3.05) is 7.11 Å². The first kappa shape index (κ1) is 12.5. The van der Waals surface area contributed by atoms with Crippen molar-refractivity contribution in [2.24, 2.45) is 0 Å². The molecule has 5 nitrogen and oxygen atoms in total. The van der Waals surface area contributed by atoms with Gasteiger partial charge in [0.05, 0.1) is 12.7 Å². The van der Waals surface area contributed by atoms with Crippen LogP contribution in [-0.2, 0) is 5.91 Å². The van der Waals surface area contributed by atoms with E-state index in [1.165, 1.54) is 7.11 Å². The summed E-state index contributed by atoms with van der Waals surface area (Å²) < 4.78 is 10.6. The van der Waals surface area contributed by atoms with Crippen LogP contribution >= 0.6 is 0 Å². The minimum absolute atomic E-state index is 0.306. The van der Waals surface area contributed by atoms with Crippen molar-refractivity contribution >= 4 is 5.91 Å². The van der Waals surface area contributed by atoms with Crippen molar-refractivity contribution in [3.8, 4) is 11.5 Å².